The first-order valence-electron chi connectivity index (χ1n) is 7.14. The van der Waals surface area contributed by atoms with Crippen molar-refractivity contribution in [3.05, 3.63) is 41.4 Å². The van der Waals surface area contributed by atoms with Gasteiger partial charge in [-0.05, 0) is 32.0 Å². The molecule has 0 N–H and O–H groups in total. The zero-order chi connectivity index (χ0) is 16.8. The summed E-state index contributed by atoms with van der Waals surface area (Å²) in [4.78, 5) is 13.9. The third-order valence-electron chi connectivity index (χ3n) is 2.99. The summed E-state index contributed by atoms with van der Waals surface area (Å²) in [6.07, 6.45) is 0. The number of amides is 1. The third kappa shape index (κ3) is 5.11. The third-order valence-corrected chi connectivity index (χ3v) is 4.03. The highest BCUT2D eigenvalue weighted by Crippen LogP contribution is 2.25. The van der Waals surface area contributed by atoms with Crippen LogP contribution in [0.4, 0.5) is 0 Å². The minimum absolute atomic E-state index is 0.0167. The molecule has 1 heterocycles. The Morgan fingerprint density at radius 2 is 2.22 bits per heavy atom. The summed E-state index contributed by atoms with van der Waals surface area (Å²) in [5.74, 6) is 0.651. The number of nitrogens with zero attached hydrogens (tertiary/aromatic N) is 3. The van der Waals surface area contributed by atoms with Gasteiger partial charge in [0.15, 0.2) is 0 Å². The molecule has 0 aliphatic heterocycles. The second kappa shape index (κ2) is 8.17. The van der Waals surface area contributed by atoms with E-state index in [-0.39, 0.29) is 11.7 Å². The van der Waals surface area contributed by atoms with E-state index < -0.39 is 0 Å². The number of hydrogen-bond acceptors (Lipinski definition) is 5. The monoisotopic (exact) mass is 351 g/mol. The van der Waals surface area contributed by atoms with Crippen LogP contribution in [0.25, 0.3) is 11.5 Å². The van der Waals surface area contributed by atoms with Crippen LogP contribution in [0.15, 0.2) is 46.1 Å². The molecular formula is C16H18ClN3O2S. The zero-order valence-corrected chi connectivity index (χ0v) is 14.7. The molecule has 2 rings (SSSR count). The predicted molar refractivity (Wildman–Crippen MR) is 92.5 cm³/mol. The lowest BCUT2D eigenvalue weighted by Gasteiger charge is -2.20. The standard InChI is InChI=1S/C16H18ClN3O2S/c1-4-20(9-11(2)3)14(21)10-23-16-19-18-15(22-16)12-6-5-7-13(17)8-12/h5-8H,2,4,9-10H2,1,3H3. The van der Waals surface area contributed by atoms with Crippen LogP contribution in [0.2, 0.25) is 5.02 Å². The van der Waals surface area contributed by atoms with Crippen molar-refractivity contribution in [3.63, 3.8) is 0 Å². The summed E-state index contributed by atoms with van der Waals surface area (Å²) >= 11 is 7.17. The molecule has 5 nitrogen and oxygen atoms in total. The Kier molecular flexibility index (Phi) is 6.24. The van der Waals surface area contributed by atoms with Gasteiger partial charge in [-0.3, -0.25) is 4.79 Å². The number of thioether (sulfide) groups is 1. The Labute approximate surface area is 144 Å². The van der Waals surface area contributed by atoms with Crippen LogP contribution in [0, 0.1) is 0 Å². The molecule has 0 saturated heterocycles. The summed E-state index contributed by atoms with van der Waals surface area (Å²) in [7, 11) is 0. The number of halogens is 1. The molecule has 1 amide bonds. The van der Waals surface area contributed by atoms with E-state index in [4.69, 9.17) is 16.0 Å². The van der Waals surface area contributed by atoms with Crippen molar-refractivity contribution < 1.29 is 9.21 Å². The Bertz CT molecular complexity index is 702. The maximum Gasteiger partial charge on any atom is 0.277 e. The van der Waals surface area contributed by atoms with Crippen molar-refractivity contribution in [1.82, 2.24) is 15.1 Å². The smallest absolute Gasteiger partial charge is 0.277 e. The van der Waals surface area contributed by atoms with Crippen molar-refractivity contribution in [2.75, 3.05) is 18.8 Å². The molecule has 0 fully saturated rings. The zero-order valence-electron chi connectivity index (χ0n) is 13.1. The fourth-order valence-electron chi connectivity index (χ4n) is 1.92. The van der Waals surface area contributed by atoms with Crippen LogP contribution in [0.1, 0.15) is 13.8 Å². The van der Waals surface area contributed by atoms with Gasteiger partial charge < -0.3 is 9.32 Å². The Morgan fingerprint density at radius 3 is 2.87 bits per heavy atom. The van der Waals surface area contributed by atoms with Gasteiger partial charge in [0.1, 0.15) is 0 Å². The number of hydrogen-bond donors (Lipinski definition) is 0. The van der Waals surface area contributed by atoms with Gasteiger partial charge in [-0.25, -0.2) is 0 Å². The summed E-state index contributed by atoms with van der Waals surface area (Å²) in [5, 5.41) is 8.90. The largest absolute Gasteiger partial charge is 0.411 e. The molecule has 7 heteroatoms. The summed E-state index contributed by atoms with van der Waals surface area (Å²) in [6.45, 7) is 8.88. The second-order valence-electron chi connectivity index (χ2n) is 5.04. The van der Waals surface area contributed by atoms with E-state index in [9.17, 15) is 4.79 Å². The number of carbonyl (C=O) groups is 1. The molecule has 122 valence electrons. The SMILES string of the molecule is C=C(C)CN(CC)C(=O)CSc1nnc(-c2cccc(Cl)c2)o1. The fourth-order valence-corrected chi connectivity index (χ4v) is 2.78. The van der Waals surface area contributed by atoms with Crippen molar-refractivity contribution in [3.8, 4) is 11.5 Å². The molecule has 0 saturated carbocycles. The van der Waals surface area contributed by atoms with E-state index in [0.717, 1.165) is 11.1 Å². The van der Waals surface area contributed by atoms with Gasteiger partial charge in [0, 0.05) is 23.7 Å². The molecule has 0 radical (unpaired) electrons. The Morgan fingerprint density at radius 1 is 1.43 bits per heavy atom. The lowest BCUT2D eigenvalue weighted by molar-refractivity contribution is -0.127. The maximum atomic E-state index is 12.2. The summed E-state index contributed by atoms with van der Waals surface area (Å²) < 4.78 is 5.56. The minimum Gasteiger partial charge on any atom is -0.411 e. The highest BCUT2D eigenvalue weighted by molar-refractivity contribution is 7.99. The molecule has 2 aromatic rings. The average Bonchev–Trinajstić information content (AvgIpc) is 2.99. The van der Waals surface area contributed by atoms with Crippen LogP contribution in [0.3, 0.4) is 0 Å². The van der Waals surface area contributed by atoms with Crippen LogP contribution >= 0.6 is 23.4 Å². The highest BCUT2D eigenvalue weighted by atomic mass is 35.5. The summed E-state index contributed by atoms with van der Waals surface area (Å²) in [6, 6.07) is 7.18. The van der Waals surface area contributed by atoms with Gasteiger partial charge in [0.2, 0.25) is 11.8 Å². The molecule has 0 bridgehead atoms. The molecule has 0 spiro atoms. The fraction of sp³-hybridized carbons (Fsp3) is 0.312. The highest BCUT2D eigenvalue weighted by Gasteiger charge is 2.15. The molecule has 23 heavy (non-hydrogen) atoms. The number of carbonyl (C=O) groups excluding carboxylic acids is 1. The van der Waals surface area contributed by atoms with E-state index in [2.05, 4.69) is 16.8 Å². The predicted octanol–water partition coefficient (Wildman–Crippen LogP) is 3.91. The van der Waals surface area contributed by atoms with E-state index >= 15 is 0 Å². The van der Waals surface area contributed by atoms with E-state index in [0.29, 0.717) is 29.2 Å². The van der Waals surface area contributed by atoms with Crippen LogP contribution < -0.4 is 0 Å². The normalized spacial score (nSPS) is 10.6. The number of likely N-dealkylation sites (N-methyl/N-ethyl adjacent to an activating group) is 1. The lowest BCUT2D eigenvalue weighted by atomic mass is 10.2. The van der Waals surface area contributed by atoms with Crippen LogP contribution in [-0.2, 0) is 4.79 Å². The number of aromatic nitrogens is 2. The Hall–Kier alpha value is -1.79. The minimum atomic E-state index is 0.0167. The van der Waals surface area contributed by atoms with E-state index in [1.54, 1.807) is 17.0 Å². The van der Waals surface area contributed by atoms with Crippen molar-refractivity contribution >= 4 is 29.3 Å². The van der Waals surface area contributed by atoms with Crippen LogP contribution in [-0.4, -0.2) is 39.8 Å². The molecule has 1 aromatic carbocycles. The molecule has 0 aliphatic carbocycles. The number of benzene rings is 1. The van der Waals surface area contributed by atoms with Gasteiger partial charge in [-0.2, -0.15) is 0 Å². The molecule has 0 unspecified atom stereocenters. The van der Waals surface area contributed by atoms with Crippen molar-refractivity contribution in [2.24, 2.45) is 0 Å². The summed E-state index contributed by atoms with van der Waals surface area (Å²) in [5.41, 5.74) is 1.70. The first-order valence-corrected chi connectivity index (χ1v) is 8.50. The van der Waals surface area contributed by atoms with E-state index in [1.165, 1.54) is 11.8 Å². The topological polar surface area (TPSA) is 59.2 Å². The molecule has 1 aromatic heterocycles. The van der Waals surface area contributed by atoms with Gasteiger partial charge >= 0.3 is 0 Å². The van der Waals surface area contributed by atoms with Crippen molar-refractivity contribution in [2.45, 2.75) is 19.1 Å². The first-order chi connectivity index (χ1) is 11.0. The van der Waals surface area contributed by atoms with Gasteiger partial charge in [-0.15, -0.1) is 10.2 Å². The molecular weight excluding hydrogens is 334 g/mol. The quantitative estimate of drug-likeness (QED) is 0.559. The maximum absolute atomic E-state index is 12.2. The lowest BCUT2D eigenvalue weighted by Crippen LogP contribution is -2.33. The van der Waals surface area contributed by atoms with Gasteiger partial charge in [0.25, 0.3) is 5.22 Å². The second-order valence-corrected chi connectivity index (χ2v) is 6.40. The van der Waals surface area contributed by atoms with Gasteiger partial charge in [-0.1, -0.05) is 41.6 Å². The number of rotatable bonds is 7. The molecule has 0 aliphatic rings. The van der Waals surface area contributed by atoms with Crippen LogP contribution in [0.5, 0.6) is 0 Å². The Balaban J connectivity index is 1.97. The van der Waals surface area contributed by atoms with Gasteiger partial charge in [0.05, 0.1) is 5.75 Å². The van der Waals surface area contributed by atoms with Crippen molar-refractivity contribution in [1.29, 1.82) is 0 Å². The first kappa shape index (κ1) is 17.6. The average molecular weight is 352 g/mol. The van der Waals surface area contributed by atoms with E-state index in [1.807, 2.05) is 26.0 Å². The molecule has 0 atom stereocenters.